The predicted octanol–water partition coefficient (Wildman–Crippen LogP) is 2.28. The molecule has 168 valence electrons. The van der Waals surface area contributed by atoms with E-state index >= 15 is 0 Å². The first-order valence-corrected chi connectivity index (χ1v) is 11.9. The topological polar surface area (TPSA) is 98.7 Å². The number of hydrogen-bond donors (Lipinski definition) is 3. The average Bonchev–Trinajstić information content (AvgIpc) is 3.29. The number of hydrogen-bond acceptors (Lipinski definition) is 5. The number of carbonyl (C=O) groups is 3. The van der Waals surface area contributed by atoms with Crippen LogP contribution in [0.3, 0.4) is 0 Å². The summed E-state index contributed by atoms with van der Waals surface area (Å²) in [5.41, 5.74) is 0.478. The molecule has 1 spiro atoms. The molecule has 3 aliphatic heterocycles. The molecule has 2 unspecified atom stereocenters. The summed E-state index contributed by atoms with van der Waals surface area (Å²) >= 11 is 7.84. The minimum atomic E-state index is -0.774. The Bertz CT molecular complexity index is 914. The van der Waals surface area contributed by atoms with Crippen molar-refractivity contribution < 1.29 is 19.5 Å². The van der Waals surface area contributed by atoms with Crippen LogP contribution in [0.15, 0.2) is 24.3 Å². The van der Waals surface area contributed by atoms with Crippen LogP contribution in [0.1, 0.15) is 33.1 Å². The Kier molecular flexibility index (Phi) is 6.00. The number of benzene rings is 1. The number of likely N-dealkylation sites (tertiary alicyclic amines) is 1. The molecule has 3 aliphatic rings. The van der Waals surface area contributed by atoms with Gasteiger partial charge < -0.3 is 20.6 Å². The van der Waals surface area contributed by atoms with Crippen molar-refractivity contribution in [3.63, 3.8) is 0 Å². The number of halogens is 1. The van der Waals surface area contributed by atoms with E-state index in [0.29, 0.717) is 23.7 Å². The number of thioether (sulfide) groups is 1. The number of fused-ring (bicyclic) bond motifs is 1. The fourth-order valence-electron chi connectivity index (χ4n) is 5.60. The highest BCUT2D eigenvalue weighted by atomic mass is 35.5. The molecule has 0 saturated carbocycles. The van der Waals surface area contributed by atoms with Gasteiger partial charge in [-0.15, -0.1) is 11.8 Å². The van der Waals surface area contributed by atoms with Gasteiger partial charge in [0.1, 0.15) is 6.04 Å². The highest BCUT2D eigenvalue weighted by Gasteiger charge is 2.76. The van der Waals surface area contributed by atoms with Crippen LogP contribution in [-0.2, 0) is 14.4 Å². The van der Waals surface area contributed by atoms with Crippen molar-refractivity contribution in [2.75, 3.05) is 25.0 Å². The Morgan fingerprint density at radius 1 is 1.29 bits per heavy atom. The normalized spacial score (nSPS) is 33.5. The summed E-state index contributed by atoms with van der Waals surface area (Å²) in [6.07, 6.45) is 2.24. The zero-order valence-corrected chi connectivity index (χ0v) is 19.3. The average molecular weight is 466 g/mol. The van der Waals surface area contributed by atoms with E-state index < -0.39 is 27.4 Å². The third kappa shape index (κ3) is 3.43. The van der Waals surface area contributed by atoms with Crippen LogP contribution >= 0.6 is 23.4 Å². The molecule has 1 aromatic carbocycles. The summed E-state index contributed by atoms with van der Waals surface area (Å²) in [5, 5.41) is 15.9. The molecule has 0 radical (unpaired) electrons. The molecule has 3 amide bonds. The van der Waals surface area contributed by atoms with Gasteiger partial charge in [0.2, 0.25) is 17.7 Å². The summed E-state index contributed by atoms with van der Waals surface area (Å²) in [5.74, 6) is -1.75. The second-order valence-electron chi connectivity index (χ2n) is 8.74. The summed E-state index contributed by atoms with van der Waals surface area (Å²) in [6, 6.07) is 6.18. The molecule has 0 aliphatic carbocycles. The van der Waals surface area contributed by atoms with Crippen molar-refractivity contribution in [1.82, 2.24) is 10.2 Å². The van der Waals surface area contributed by atoms with Crippen LogP contribution in [0.4, 0.5) is 5.69 Å². The smallest absolute Gasteiger partial charge is 0.248 e. The van der Waals surface area contributed by atoms with Gasteiger partial charge in [-0.05, 0) is 38.3 Å². The van der Waals surface area contributed by atoms with E-state index in [9.17, 15) is 19.5 Å². The quantitative estimate of drug-likeness (QED) is 0.573. The number of nitrogens with one attached hydrogen (secondary N) is 2. The van der Waals surface area contributed by atoms with Gasteiger partial charge in [0.25, 0.3) is 0 Å². The molecule has 3 fully saturated rings. The summed E-state index contributed by atoms with van der Waals surface area (Å²) in [6.45, 7) is 4.38. The van der Waals surface area contributed by atoms with Crippen LogP contribution in [0.5, 0.6) is 0 Å². The van der Waals surface area contributed by atoms with Crippen molar-refractivity contribution in [2.24, 2.45) is 11.8 Å². The molecule has 3 heterocycles. The number of amides is 3. The molecule has 3 saturated heterocycles. The number of rotatable bonds is 7. The fourth-order valence-corrected chi connectivity index (χ4v) is 8.14. The number of anilines is 1. The third-order valence-corrected chi connectivity index (χ3v) is 9.14. The Hall–Kier alpha value is -1.77. The number of carbonyl (C=O) groups excluding carboxylic acids is 3. The molecule has 0 aromatic heterocycles. The maximum atomic E-state index is 13.5. The number of aliphatic hydroxyl groups excluding tert-OH is 1. The number of para-hydroxylation sites is 1. The molecule has 5 atom stereocenters. The van der Waals surface area contributed by atoms with Crippen LogP contribution < -0.4 is 10.6 Å². The third-order valence-electron chi connectivity index (χ3n) is 6.83. The minimum absolute atomic E-state index is 0.0538. The fraction of sp³-hybridized carbons (Fsp3) is 0.591. The lowest BCUT2D eigenvalue weighted by molar-refractivity contribution is -0.140. The van der Waals surface area contributed by atoms with Gasteiger partial charge in [-0.2, -0.15) is 0 Å². The van der Waals surface area contributed by atoms with Crippen molar-refractivity contribution in [2.45, 2.75) is 48.6 Å². The second-order valence-corrected chi connectivity index (χ2v) is 11.0. The SMILES string of the molecule is CCCNC(=O)[C@@H]1[C@H]2C(=O)N(CCO)C(C(=O)Nc3ccccc3Cl)C23CC[C@@]1(C)S3. The highest BCUT2D eigenvalue weighted by molar-refractivity contribution is 8.02. The first-order chi connectivity index (χ1) is 14.8. The molecular weight excluding hydrogens is 438 g/mol. The van der Waals surface area contributed by atoms with E-state index in [-0.39, 0.29) is 30.9 Å². The summed E-state index contributed by atoms with van der Waals surface area (Å²) < 4.78 is -1.09. The Balaban J connectivity index is 1.71. The molecule has 3 N–H and O–H groups in total. The number of β-amino-alcohol motifs (C(OH)–C–C–N with tert-alkyl or cyclic N) is 1. The lowest BCUT2D eigenvalue weighted by atomic mass is 9.66. The van der Waals surface area contributed by atoms with Gasteiger partial charge >= 0.3 is 0 Å². The van der Waals surface area contributed by atoms with Crippen molar-refractivity contribution >= 4 is 46.8 Å². The van der Waals surface area contributed by atoms with Crippen molar-refractivity contribution in [3.8, 4) is 0 Å². The first kappa shape index (κ1) is 22.4. The Morgan fingerprint density at radius 3 is 2.71 bits per heavy atom. The van der Waals surface area contributed by atoms with E-state index in [1.807, 2.05) is 13.8 Å². The van der Waals surface area contributed by atoms with E-state index in [1.54, 1.807) is 36.0 Å². The maximum absolute atomic E-state index is 13.5. The van der Waals surface area contributed by atoms with Crippen LogP contribution in [0.2, 0.25) is 5.02 Å². The number of aliphatic hydroxyl groups is 1. The van der Waals surface area contributed by atoms with Gasteiger partial charge in [0.15, 0.2) is 0 Å². The summed E-state index contributed by atoms with van der Waals surface area (Å²) in [4.78, 5) is 41.6. The molecule has 7 nitrogen and oxygen atoms in total. The molecule has 4 rings (SSSR count). The van der Waals surface area contributed by atoms with E-state index in [0.717, 1.165) is 12.8 Å². The van der Waals surface area contributed by atoms with Gasteiger partial charge in [0, 0.05) is 17.8 Å². The van der Waals surface area contributed by atoms with Gasteiger partial charge in [0.05, 0.1) is 33.9 Å². The van der Waals surface area contributed by atoms with Crippen LogP contribution in [-0.4, -0.2) is 63.0 Å². The van der Waals surface area contributed by atoms with E-state index in [1.165, 1.54) is 4.90 Å². The number of nitrogens with zero attached hydrogens (tertiary/aromatic N) is 1. The molecular formula is C22H28ClN3O4S. The zero-order chi connectivity index (χ0) is 22.4. The molecule has 9 heteroatoms. The largest absolute Gasteiger partial charge is 0.395 e. The predicted molar refractivity (Wildman–Crippen MR) is 121 cm³/mol. The van der Waals surface area contributed by atoms with E-state index in [4.69, 9.17) is 11.6 Å². The second kappa shape index (κ2) is 8.30. The van der Waals surface area contributed by atoms with E-state index in [2.05, 4.69) is 10.6 Å². The van der Waals surface area contributed by atoms with Crippen LogP contribution in [0.25, 0.3) is 0 Å². The van der Waals surface area contributed by atoms with Crippen molar-refractivity contribution in [3.05, 3.63) is 29.3 Å². The monoisotopic (exact) mass is 465 g/mol. The van der Waals surface area contributed by atoms with Gasteiger partial charge in [-0.25, -0.2) is 0 Å². The lowest BCUT2D eigenvalue weighted by Gasteiger charge is -2.34. The Labute approximate surface area is 191 Å². The Morgan fingerprint density at radius 2 is 2.03 bits per heavy atom. The standard InChI is InChI=1S/C22H28ClN3O4S/c1-3-10-24-18(28)15-16-20(30)26(11-12-27)17(22(16)9-8-21(15,2)31-22)19(29)25-14-7-5-4-6-13(14)23/h4-7,15-17,27H,3,8-12H2,1-2H3,(H,24,28)(H,25,29)/t15-,16-,17?,21+,22?/m0/s1. The maximum Gasteiger partial charge on any atom is 0.248 e. The zero-order valence-electron chi connectivity index (χ0n) is 17.7. The van der Waals surface area contributed by atoms with Crippen LogP contribution in [0, 0.1) is 11.8 Å². The molecule has 2 bridgehead atoms. The van der Waals surface area contributed by atoms with Crippen molar-refractivity contribution in [1.29, 1.82) is 0 Å². The van der Waals surface area contributed by atoms with Gasteiger partial charge in [-0.3, -0.25) is 14.4 Å². The summed E-state index contributed by atoms with van der Waals surface area (Å²) in [7, 11) is 0. The first-order valence-electron chi connectivity index (χ1n) is 10.7. The lowest BCUT2D eigenvalue weighted by Crippen LogP contribution is -2.52. The minimum Gasteiger partial charge on any atom is -0.395 e. The molecule has 31 heavy (non-hydrogen) atoms. The molecule has 1 aromatic rings. The van der Waals surface area contributed by atoms with Gasteiger partial charge in [-0.1, -0.05) is 30.7 Å². The highest BCUT2D eigenvalue weighted by Crippen LogP contribution is 2.71.